The van der Waals surface area contributed by atoms with Crippen LogP contribution in [0.3, 0.4) is 0 Å². The fourth-order valence-electron chi connectivity index (χ4n) is 4.96. The van der Waals surface area contributed by atoms with Gasteiger partial charge in [0, 0.05) is 6.54 Å². The van der Waals surface area contributed by atoms with E-state index in [2.05, 4.69) is 6.58 Å². The van der Waals surface area contributed by atoms with Crippen molar-refractivity contribution in [2.24, 2.45) is 11.8 Å². The highest BCUT2D eigenvalue weighted by Gasteiger charge is 2.71. The molecule has 1 N–H and O–H groups in total. The van der Waals surface area contributed by atoms with Crippen LogP contribution in [0, 0.1) is 11.8 Å². The quantitative estimate of drug-likeness (QED) is 0.814. The van der Waals surface area contributed by atoms with Gasteiger partial charge in [0.25, 0.3) is 0 Å². The molecule has 2 bridgehead atoms. The summed E-state index contributed by atoms with van der Waals surface area (Å²) in [6, 6.07) is 5.13. The zero-order chi connectivity index (χ0) is 18.9. The predicted octanol–water partition coefficient (Wildman–Crippen LogP) is 1.73. The summed E-state index contributed by atoms with van der Waals surface area (Å²) in [5.74, 6) is -1.50. The highest BCUT2D eigenvalue weighted by Crippen LogP contribution is 2.56. The maximum absolute atomic E-state index is 13.3. The van der Waals surface area contributed by atoms with E-state index in [0.717, 1.165) is 11.1 Å². The molecule has 5 rings (SSSR count). The van der Waals surface area contributed by atoms with Crippen molar-refractivity contribution in [1.82, 2.24) is 4.90 Å². The van der Waals surface area contributed by atoms with Gasteiger partial charge in [0.05, 0.1) is 18.1 Å². The van der Waals surface area contributed by atoms with Crippen molar-refractivity contribution in [1.29, 1.82) is 0 Å². The molecule has 4 aliphatic heterocycles. The monoisotopic (exact) mass is 369 g/mol. The Labute approximate surface area is 155 Å². The summed E-state index contributed by atoms with van der Waals surface area (Å²) in [5, 5.41) is 9.67. The van der Waals surface area contributed by atoms with E-state index >= 15 is 0 Å². The highest BCUT2D eigenvalue weighted by atomic mass is 16.7. The average Bonchev–Trinajstić information content (AvgIpc) is 3.35. The number of rotatable bonds is 4. The molecule has 1 amide bonds. The van der Waals surface area contributed by atoms with E-state index in [1.165, 1.54) is 0 Å². The van der Waals surface area contributed by atoms with E-state index in [1.54, 1.807) is 11.0 Å². The third-order valence-corrected chi connectivity index (χ3v) is 5.92. The van der Waals surface area contributed by atoms with Crippen molar-refractivity contribution >= 4 is 11.9 Å². The Morgan fingerprint density at radius 1 is 1.37 bits per heavy atom. The van der Waals surface area contributed by atoms with Gasteiger partial charge in [0.2, 0.25) is 12.7 Å². The zero-order valence-corrected chi connectivity index (χ0v) is 14.8. The molecule has 4 aliphatic rings. The molecule has 0 saturated carbocycles. The lowest BCUT2D eigenvalue weighted by Crippen LogP contribution is -2.45. The Balaban J connectivity index is 1.53. The Kier molecular flexibility index (Phi) is 3.25. The van der Waals surface area contributed by atoms with Crippen LogP contribution in [0.5, 0.6) is 11.5 Å². The molecular formula is C20H19NO6. The molecular weight excluding hydrogens is 350 g/mol. The van der Waals surface area contributed by atoms with Crippen molar-refractivity contribution in [2.45, 2.75) is 31.2 Å². The van der Waals surface area contributed by atoms with Gasteiger partial charge in [0.1, 0.15) is 11.5 Å². The van der Waals surface area contributed by atoms with Crippen LogP contribution in [0.15, 0.2) is 42.5 Å². The van der Waals surface area contributed by atoms with E-state index in [0.29, 0.717) is 18.0 Å². The first-order valence-electron chi connectivity index (χ1n) is 8.87. The van der Waals surface area contributed by atoms with Gasteiger partial charge in [0.15, 0.2) is 11.5 Å². The predicted molar refractivity (Wildman–Crippen MR) is 93.1 cm³/mol. The first kappa shape index (κ1) is 16.4. The molecule has 2 fully saturated rings. The number of ether oxygens (including phenoxy) is 3. The van der Waals surface area contributed by atoms with Crippen molar-refractivity contribution in [3.05, 3.63) is 48.1 Å². The minimum absolute atomic E-state index is 0.182. The largest absolute Gasteiger partial charge is 0.481 e. The molecule has 7 nitrogen and oxygen atoms in total. The number of carbonyl (C=O) groups is 2. The van der Waals surface area contributed by atoms with Crippen molar-refractivity contribution < 1.29 is 28.9 Å². The number of carboxylic acids is 1. The van der Waals surface area contributed by atoms with Crippen LogP contribution in [0.2, 0.25) is 0 Å². The number of likely N-dealkylation sites (tertiary alicyclic amines) is 1. The van der Waals surface area contributed by atoms with Crippen LogP contribution in [-0.4, -0.2) is 46.4 Å². The smallest absolute Gasteiger partial charge is 0.310 e. The summed E-state index contributed by atoms with van der Waals surface area (Å²) in [6.45, 7) is 6.41. The first-order valence-corrected chi connectivity index (χ1v) is 8.87. The average molecular weight is 369 g/mol. The SMILES string of the molecule is C=C(C)[C@H]1N(Cc2ccc3c(c2)OCO3)C(=O)[C@H]2[C@H](C(=O)O)[C@H]3C=C[C@@]21O3. The van der Waals surface area contributed by atoms with Gasteiger partial charge in [-0.05, 0) is 24.6 Å². The lowest BCUT2D eigenvalue weighted by atomic mass is 9.74. The van der Waals surface area contributed by atoms with Crippen LogP contribution in [-0.2, 0) is 20.9 Å². The molecule has 0 aliphatic carbocycles. The van der Waals surface area contributed by atoms with Gasteiger partial charge in [-0.25, -0.2) is 0 Å². The van der Waals surface area contributed by atoms with Gasteiger partial charge in [-0.3, -0.25) is 9.59 Å². The maximum atomic E-state index is 13.3. The van der Waals surface area contributed by atoms with E-state index in [4.69, 9.17) is 14.2 Å². The molecule has 2 saturated heterocycles. The number of amides is 1. The molecule has 7 heteroatoms. The molecule has 5 atom stereocenters. The van der Waals surface area contributed by atoms with Gasteiger partial charge in [-0.2, -0.15) is 0 Å². The normalized spacial score (nSPS) is 35.0. The van der Waals surface area contributed by atoms with E-state index in [-0.39, 0.29) is 12.7 Å². The minimum atomic E-state index is -1.00. The molecule has 140 valence electrons. The Bertz CT molecular complexity index is 908. The summed E-state index contributed by atoms with van der Waals surface area (Å²) in [4.78, 5) is 26.8. The second-order valence-corrected chi connectivity index (χ2v) is 7.54. The molecule has 0 unspecified atom stereocenters. The molecule has 1 aromatic rings. The van der Waals surface area contributed by atoms with Gasteiger partial charge in [-0.1, -0.05) is 30.4 Å². The van der Waals surface area contributed by atoms with E-state index in [9.17, 15) is 14.7 Å². The Hall–Kier alpha value is -2.80. The number of hydrogen-bond donors (Lipinski definition) is 1. The first-order chi connectivity index (χ1) is 12.9. The molecule has 0 aromatic heterocycles. The number of aliphatic carboxylic acids is 1. The van der Waals surface area contributed by atoms with Crippen molar-refractivity contribution in [3.63, 3.8) is 0 Å². The Morgan fingerprint density at radius 3 is 2.89 bits per heavy atom. The number of carboxylic acid groups (broad SMARTS) is 1. The molecule has 1 aromatic carbocycles. The maximum Gasteiger partial charge on any atom is 0.310 e. The molecule has 27 heavy (non-hydrogen) atoms. The van der Waals surface area contributed by atoms with Gasteiger partial charge in [-0.15, -0.1) is 0 Å². The van der Waals surface area contributed by atoms with E-state index in [1.807, 2.05) is 31.2 Å². The zero-order valence-electron chi connectivity index (χ0n) is 14.8. The summed E-state index contributed by atoms with van der Waals surface area (Å²) in [6.07, 6.45) is 3.06. The van der Waals surface area contributed by atoms with E-state index < -0.39 is 35.6 Å². The summed E-state index contributed by atoms with van der Waals surface area (Å²) < 4.78 is 16.8. The molecule has 1 spiro atoms. The Morgan fingerprint density at radius 2 is 2.15 bits per heavy atom. The van der Waals surface area contributed by atoms with Gasteiger partial charge < -0.3 is 24.2 Å². The summed E-state index contributed by atoms with van der Waals surface area (Å²) in [7, 11) is 0. The number of carbonyl (C=O) groups excluding carboxylic acids is 1. The molecule has 4 heterocycles. The lowest BCUT2D eigenvalue weighted by molar-refractivity contribution is -0.148. The third kappa shape index (κ3) is 2.06. The van der Waals surface area contributed by atoms with Crippen LogP contribution in [0.25, 0.3) is 0 Å². The van der Waals surface area contributed by atoms with Gasteiger partial charge >= 0.3 is 5.97 Å². The number of benzene rings is 1. The van der Waals surface area contributed by atoms with Crippen molar-refractivity contribution in [2.75, 3.05) is 6.79 Å². The second kappa shape index (κ2) is 5.36. The number of nitrogens with zero attached hydrogens (tertiary/aromatic N) is 1. The second-order valence-electron chi connectivity index (χ2n) is 7.54. The van der Waals surface area contributed by atoms with Crippen LogP contribution in [0.1, 0.15) is 12.5 Å². The topological polar surface area (TPSA) is 85.3 Å². The number of hydrogen-bond acceptors (Lipinski definition) is 5. The summed E-state index contributed by atoms with van der Waals surface area (Å²) >= 11 is 0. The lowest BCUT2D eigenvalue weighted by Gasteiger charge is -2.33. The number of fused-ring (bicyclic) bond motifs is 2. The highest BCUT2D eigenvalue weighted by molar-refractivity contribution is 5.92. The molecule has 0 radical (unpaired) electrons. The van der Waals surface area contributed by atoms with Crippen LogP contribution in [0.4, 0.5) is 0 Å². The standard InChI is InChI=1S/C20H19NO6/c1-10(2)17-20-6-5-13(27-20)15(19(23)24)16(20)18(22)21(17)8-11-3-4-12-14(7-11)26-9-25-12/h3-7,13,15-17H,1,8-9H2,2H3,(H,23,24)/t13-,15-,16-,17-,20-/m1/s1. The fraction of sp³-hybridized carbons (Fsp3) is 0.400. The third-order valence-electron chi connectivity index (χ3n) is 5.92. The fourth-order valence-corrected chi connectivity index (χ4v) is 4.96. The van der Waals surface area contributed by atoms with Crippen molar-refractivity contribution in [3.8, 4) is 11.5 Å². The minimum Gasteiger partial charge on any atom is -0.481 e. The van der Waals surface area contributed by atoms with Crippen LogP contribution < -0.4 is 9.47 Å². The summed E-state index contributed by atoms with van der Waals surface area (Å²) in [5.41, 5.74) is 0.691. The van der Waals surface area contributed by atoms with Crippen LogP contribution >= 0.6 is 0 Å².